The number of hydrogen-bond donors (Lipinski definition) is 2. The number of nitro benzene ring substituents is 1. The van der Waals surface area contributed by atoms with E-state index < -0.39 is 10.7 Å². The Morgan fingerprint density at radius 3 is 2.73 bits per heavy atom. The highest BCUT2D eigenvalue weighted by Gasteiger charge is 2.09. The molecule has 33 heavy (non-hydrogen) atoms. The number of halogens is 1. The first-order chi connectivity index (χ1) is 16.0. The lowest BCUT2D eigenvalue weighted by Crippen LogP contribution is -2.07. The van der Waals surface area contributed by atoms with Gasteiger partial charge in [-0.25, -0.2) is 9.37 Å². The monoisotopic (exact) mass is 452 g/mol. The molecule has 3 aromatic rings. The first-order valence-electron chi connectivity index (χ1n) is 10.4. The van der Waals surface area contributed by atoms with Crippen molar-refractivity contribution in [1.29, 1.82) is 0 Å². The second kappa shape index (κ2) is 12.0. The SMILES string of the molecule is N/C=C\NCCCCc1ccc(OCc2coc(/C=C/c3ccc([N+](=O)[O-])cc3F)n2)cc1. The van der Waals surface area contributed by atoms with Crippen LogP contribution in [-0.4, -0.2) is 16.5 Å². The summed E-state index contributed by atoms with van der Waals surface area (Å²) in [7, 11) is 0. The molecule has 0 unspecified atom stereocenters. The third-order valence-corrected chi connectivity index (χ3v) is 4.73. The summed E-state index contributed by atoms with van der Waals surface area (Å²) >= 11 is 0. The molecule has 1 aromatic heterocycles. The van der Waals surface area contributed by atoms with Gasteiger partial charge in [0, 0.05) is 36.7 Å². The number of ether oxygens (including phenoxy) is 1. The number of nitrogens with one attached hydrogen (secondary N) is 1. The van der Waals surface area contributed by atoms with Crippen LogP contribution in [0.25, 0.3) is 12.2 Å². The summed E-state index contributed by atoms with van der Waals surface area (Å²) < 4.78 is 25.0. The van der Waals surface area contributed by atoms with Crippen LogP contribution in [-0.2, 0) is 13.0 Å². The van der Waals surface area contributed by atoms with Crippen LogP contribution >= 0.6 is 0 Å². The van der Waals surface area contributed by atoms with Gasteiger partial charge >= 0.3 is 0 Å². The highest BCUT2D eigenvalue weighted by Crippen LogP contribution is 2.19. The van der Waals surface area contributed by atoms with E-state index in [1.165, 1.54) is 42.3 Å². The highest BCUT2D eigenvalue weighted by molar-refractivity contribution is 5.67. The molecule has 0 saturated heterocycles. The van der Waals surface area contributed by atoms with Gasteiger partial charge in [-0.05, 0) is 49.1 Å². The van der Waals surface area contributed by atoms with Gasteiger partial charge in [-0.1, -0.05) is 12.1 Å². The number of hydrogen-bond acceptors (Lipinski definition) is 7. The van der Waals surface area contributed by atoms with Gasteiger partial charge in [0.15, 0.2) is 0 Å². The largest absolute Gasteiger partial charge is 0.487 e. The van der Waals surface area contributed by atoms with Crippen LogP contribution in [0.1, 0.15) is 35.6 Å². The van der Waals surface area contributed by atoms with Crippen molar-refractivity contribution in [1.82, 2.24) is 10.3 Å². The Labute approximate surface area is 190 Å². The Kier molecular flexibility index (Phi) is 8.58. The predicted octanol–water partition coefficient (Wildman–Crippen LogP) is 4.81. The molecular formula is C24H25FN4O4. The van der Waals surface area contributed by atoms with E-state index in [0.717, 1.165) is 37.6 Å². The zero-order valence-corrected chi connectivity index (χ0v) is 17.9. The first-order valence-corrected chi connectivity index (χ1v) is 10.4. The van der Waals surface area contributed by atoms with Gasteiger partial charge in [0.1, 0.15) is 30.1 Å². The lowest BCUT2D eigenvalue weighted by molar-refractivity contribution is -0.385. The summed E-state index contributed by atoms with van der Waals surface area (Å²) in [5.74, 6) is 0.305. The van der Waals surface area contributed by atoms with Crippen molar-refractivity contribution in [2.24, 2.45) is 5.73 Å². The topological polar surface area (TPSA) is 116 Å². The van der Waals surface area contributed by atoms with E-state index in [9.17, 15) is 14.5 Å². The Bertz CT molecular complexity index is 1110. The van der Waals surface area contributed by atoms with Crippen molar-refractivity contribution in [3.8, 4) is 5.75 Å². The molecule has 2 aromatic carbocycles. The smallest absolute Gasteiger partial charge is 0.272 e. The number of aryl methyl sites for hydroxylation is 1. The Balaban J connectivity index is 1.46. The van der Waals surface area contributed by atoms with E-state index in [-0.39, 0.29) is 23.7 Å². The zero-order valence-electron chi connectivity index (χ0n) is 17.9. The molecule has 0 atom stereocenters. The number of rotatable bonds is 12. The standard InChI is InChI=1S/C24H25FN4O4/c25-23-15-21(29(30)31)8-6-19(23)7-11-24-28-20(17-33-24)16-32-22-9-4-18(5-10-22)3-1-2-13-27-14-12-26/h4-12,14-15,17,27H,1-3,13,16,26H2/b11-7+,14-12-. The molecule has 3 N–H and O–H groups in total. The molecule has 1 heterocycles. The number of nitro groups is 1. The summed E-state index contributed by atoms with van der Waals surface area (Å²) in [6.45, 7) is 1.12. The quantitative estimate of drug-likeness (QED) is 0.230. The van der Waals surface area contributed by atoms with Crippen molar-refractivity contribution < 1.29 is 18.5 Å². The second-order valence-corrected chi connectivity index (χ2v) is 7.18. The normalized spacial score (nSPS) is 11.3. The Morgan fingerprint density at radius 1 is 1.18 bits per heavy atom. The van der Waals surface area contributed by atoms with Gasteiger partial charge in [-0.2, -0.15) is 0 Å². The first kappa shape index (κ1) is 23.5. The van der Waals surface area contributed by atoms with E-state index >= 15 is 0 Å². The minimum Gasteiger partial charge on any atom is -0.487 e. The number of non-ortho nitro benzene ring substituents is 1. The van der Waals surface area contributed by atoms with E-state index in [2.05, 4.69) is 10.3 Å². The van der Waals surface area contributed by atoms with Crippen molar-refractivity contribution in [2.75, 3.05) is 6.54 Å². The van der Waals surface area contributed by atoms with E-state index in [0.29, 0.717) is 5.69 Å². The minimum absolute atomic E-state index is 0.195. The number of oxazole rings is 1. The molecule has 172 valence electrons. The summed E-state index contributed by atoms with van der Waals surface area (Å²) in [6, 6.07) is 11.4. The van der Waals surface area contributed by atoms with Crippen molar-refractivity contribution >= 4 is 17.8 Å². The van der Waals surface area contributed by atoms with Crippen LogP contribution in [0.3, 0.4) is 0 Å². The van der Waals surface area contributed by atoms with Crippen LogP contribution in [0.15, 0.2) is 65.5 Å². The maximum absolute atomic E-state index is 14.0. The maximum atomic E-state index is 14.0. The molecule has 0 aliphatic carbocycles. The Morgan fingerprint density at radius 2 is 2.00 bits per heavy atom. The number of nitrogens with zero attached hydrogens (tertiary/aromatic N) is 2. The molecule has 0 radical (unpaired) electrons. The number of aromatic nitrogens is 1. The fourth-order valence-electron chi connectivity index (χ4n) is 3.01. The van der Waals surface area contributed by atoms with Crippen molar-refractivity contribution in [3.05, 3.63) is 99.8 Å². The molecule has 0 aliphatic rings. The van der Waals surface area contributed by atoms with E-state index in [4.69, 9.17) is 14.9 Å². The molecular weight excluding hydrogens is 427 g/mol. The van der Waals surface area contributed by atoms with Crippen LogP contribution in [0.2, 0.25) is 0 Å². The van der Waals surface area contributed by atoms with Gasteiger partial charge < -0.3 is 20.2 Å². The van der Waals surface area contributed by atoms with Gasteiger partial charge in [-0.3, -0.25) is 10.1 Å². The molecule has 0 bridgehead atoms. The maximum Gasteiger partial charge on any atom is 0.272 e. The van der Waals surface area contributed by atoms with Gasteiger partial charge in [0.2, 0.25) is 5.89 Å². The third kappa shape index (κ3) is 7.49. The van der Waals surface area contributed by atoms with Crippen LogP contribution in [0, 0.1) is 15.9 Å². The predicted molar refractivity (Wildman–Crippen MR) is 124 cm³/mol. The van der Waals surface area contributed by atoms with Crippen LogP contribution < -0.4 is 15.8 Å². The fourth-order valence-corrected chi connectivity index (χ4v) is 3.01. The molecule has 0 fully saturated rings. The lowest BCUT2D eigenvalue weighted by atomic mass is 10.1. The summed E-state index contributed by atoms with van der Waals surface area (Å²) in [5.41, 5.74) is 6.98. The van der Waals surface area contributed by atoms with Crippen LogP contribution in [0.4, 0.5) is 10.1 Å². The Hall–Kier alpha value is -4.14. The number of benzene rings is 2. The lowest BCUT2D eigenvalue weighted by Gasteiger charge is -2.06. The van der Waals surface area contributed by atoms with Gasteiger partial charge in [0.25, 0.3) is 5.69 Å². The van der Waals surface area contributed by atoms with Gasteiger partial charge in [0.05, 0.1) is 11.0 Å². The summed E-state index contributed by atoms with van der Waals surface area (Å²) in [6.07, 6.45) is 10.7. The molecule has 0 spiro atoms. The second-order valence-electron chi connectivity index (χ2n) is 7.18. The molecule has 3 rings (SSSR count). The fraction of sp³-hybridized carbons (Fsp3) is 0.208. The average Bonchev–Trinajstić information content (AvgIpc) is 3.27. The third-order valence-electron chi connectivity index (χ3n) is 4.73. The average molecular weight is 452 g/mol. The molecule has 0 aliphatic heterocycles. The van der Waals surface area contributed by atoms with Crippen LogP contribution in [0.5, 0.6) is 5.75 Å². The number of unbranched alkanes of at least 4 members (excludes halogenated alkanes) is 1. The van der Waals surface area contributed by atoms with Crippen molar-refractivity contribution in [2.45, 2.75) is 25.9 Å². The summed E-state index contributed by atoms with van der Waals surface area (Å²) in [5, 5.41) is 13.8. The van der Waals surface area contributed by atoms with E-state index in [1.54, 1.807) is 6.20 Å². The minimum atomic E-state index is -0.695. The molecule has 9 heteroatoms. The highest BCUT2D eigenvalue weighted by atomic mass is 19.1. The van der Waals surface area contributed by atoms with Crippen molar-refractivity contribution in [3.63, 3.8) is 0 Å². The van der Waals surface area contributed by atoms with Gasteiger partial charge in [-0.15, -0.1) is 0 Å². The molecule has 0 saturated carbocycles. The summed E-state index contributed by atoms with van der Waals surface area (Å²) in [4.78, 5) is 14.3. The molecule has 8 nitrogen and oxygen atoms in total. The zero-order chi connectivity index (χ0) is 23.5. The number of nitrogens with two attached hydrogens (primary N) is 1. The van der Waals surface area contributed by atoms with E-state index in [1.807, 2.05) is 24.3 Å². The molecule has 0 amide bonds.